The van der Waals surface area contributed by atoms with Gasteiger partial charge in [-0.2, -0.15) is 0 Å². The minimum absolute atomic E-state index is 0.727. The maximum Gasteiger partial charge on any atom is 0.131 e. The minimum atomic E-state index is 0.727. The molecule has 4 heteroatoms. The Hall–Kier alpha value is -2.75. The number of hydrogen-bond donors (Lipinski definition) is 3. The van der Waals surface area contributed by atoms with E-state index in [1.807, 2.05) is 54.6 Å². The number of aromatic amines is 1. The van der Waals surface area contributed by atoms with Gasteiger partial charge in [0, 0.05) is 11.4 Å². The fraction of sp³-hybridized carbons (Fsp3) is 0. The van der Waals surface area contributed by atoms with Gasteiger partial charge in [-0.25, -0.2) is 4.98 Å². The Balaban J connectivity index is 1.90. The van der Waals surface area contributed by atoms with Crippen molar-refractivity contribution >= 4 is 34.6 Å². The first-order valence-corrected chi connectivity index (χ1v) is 5.99. The first kappa shape index (κ1) is 11.3. The largest absolute Gasteiger partial charge is 0.399 e. The summed E-state index contributed by atoms with van der Waals surface area (Å²) in [6.07, 6.45) is 3.92. The zero-order valence-corrected chi connectivity index (χ0v) is 10.3. The van der Waals surface area contributed by atoms with Crippen molar-refractivity contribution in [2.45, 2.75) is 0 Å². The van der Waals surface area contributed by atoms with Gasteiger partial charge in [0.05, 0.1) is 11.0 Å². The number of imidazole rings is 1. The third kappa shape index (κ3) is 2.42. The zero-order valence-electron chi connectivity index (χ0n) is 10.3. The highest BCUT2D eigenvalue weighted by Gasteiger charge is 1.99. The lowest BCUT2D eigenvalue weighted by Gasteiger charge is -1.93. The Labute approximate surface area is 110 Å². The van der Waals surface area contributed by atoms with Crippen LogP contribution < -0.4 is 11.5 Å². The van der Waals surface area contributed by atoms with Gasteiger partial charge in [-0.3, -0.25) is 0 Å². The van der Waals surface area contributed by atoms with E-state index in [2.05, 4.69) is 9.97 Å². The number of H-pyrrole nitrogens is 1. The van der Waals surface area contributed by atoms with E-state index in [-0.39, 0.29) is 0 Å². The second kappa shape index (κ2) is 4.49. The van der Waals surface area contributed by atoms with Crippen LogP contribution in [0.2, 0.25) is 0 Å². The molecule has 4 nitrogen and oxygen atoms in total. The number of rotatable bonds is 2. The van der Waals surface area contributed by atoms with Crippen LogP contribution in [0, 0.1) is 0 Å². The first-order chi connectivity index (χ1) is 9.20. The van der Waals surface area contributed by atoms with Crippen LogP contribution >= 0.6 is 0 Å². The van der Waals surface area contributed by atoms with E-state index in [1.54, 1.807) is 0 Å². The molecule has 0 fully saturated rings. The highest BCUT2D eigenvalue weighted by Crippen LogP contribution is 2.16. The van der Waals surface area contributed by atoms with Gasteiger partial charge < -0.3 is 16.5 Å². The van der Waals surface area contributed by atoms with Crippen LogP contribution in [-0.4, -0.2) is 9.97 Å². The molecule has 1 heterocycles. The van der Waals surface area contributed by atoms with E-state index < -0.39 is 0 Å². The van der Waals surface area contributed by atoms with E-state index in [0.717, 1.165) is 33.8 Å². The van der Waals surface area contributed by atoms with Crippen molar-refractivity contribution in [3.63, 3.8) is 0 Å². The molecule has 3 rings (SSSR count). The molecule has 0 saturated carbocycles. The van der Waals surface area contributed by atoms with Crippen LogP contribution in [0.15, 0.2) is 42.5 Å². The van der Waals surface area contributed by atoms with Gasteiger partial charge >= 0.3 is 0 Å². The molecular formula is C15H14N4. The summed E-state index contributed by atoms with van der Waals surface area (Å²) >= 11 is 0. The number of benzene rings is 2. The third-order valence-corrected chi connectivity index (χ3v) is 2.89. The number of fused-ring (bicyclic) bond motifs is 1. The Morgan fingerprint density at radius 2 is 1.63 bits per heavy atom. The fourth-order valence-electron chi connectivity index (χ4n) is 1.91. The predicted octanol–water partition coefficient (Wildman–Crippen LogP) is 2.90. The number of nitrogens with one attached hydrogen (secondary N) is 1. The van der Waals surface area contributed by atoms with Gasteiger partial charge in [0.15, 0.2) is 0 Å². The van der Waals surface area contributed by atoms with Crippen molar-refractivity contribution in [1.82, 2.24) is 9.97 Å². The molecule has 2 aromatic carbocycles. The molecule has 1 aromatic heterocycles. The van der Waals surface area contributed by atoms with Crippen LogP contribution in [0.25, 0.3) is 23.2 Å². The molecule has 3 aromatic rings. The number of nitrogen functional groups attached to an aromatic ring is 2. The summed E-state index contributed by atoms with van der Waals surface area (Å²) in [6, 6.07) is 13.3. The van der Waals surface area contributed by atoms with Gasteiger partial charge in [0.25, 0.3) is 0 Å². The van der Waals surface area contributed by atoms with Crippen molar-refractivity contribution in [3.05, 3.63) is 53.9 Å². The molecule has 0 unspecified atom stereocenters. The van der Waals surface area contributed by atoms with Crippen LogP contribution in [-0.2, 0) is 0 Å². The Bertz CT molecular complexity index is 738. The molecule has 0 saturated heterocycles. The monoisotopic (exact) mass is 250 g/mol. The molecule has 0 radical (unpaired) electrons. The number of hydrogen-bond acceptors (Lipinski definition) is 3. The van der Waals surface area contributed by atoms with E-state index >= 15 is 0 Å². The van der Waals surface area contributed by atoms with E-state index in [0.29, 0.717) is 0 Å². The molecule has 5 N–H and O–H groups in total. The summed E-state index contributed by atoms with van der Waals surface area (Å²) in [5.74, 6) is 0.803. The third-order valence-electron chi connectivity index (χ3n) is 2.89. The summed E-state index contributed by atoms with van der Waals surface area (Å²) in [6.45, 7) is 0. The van der Waals surface area contributed by atoms with Gasteiger partial charge in [0.1, 0.15) is 5.82 Å². The minimum Gasteiger partial charge on any atom is -0.399 e. The molecular weight excluding hydrogens is 236 g/mol. The summed E-state index contributed by atoms with van der Waals surface area (Å²) in [5.41, 5.74) is 15.8. The molecule has 0 atom stereocenters. The van der Waals surface area contributed by atoms with Crippen molar-refractivity contribution in [3.8, 4) is 0 Å². The predicted molar refractivity (Wildman–Crippen MR) is 80.3 cm³/mol. The van der Waals surface area contributed by atoms with Crippen LogP contribution in [0.1, 0.15) is 11.4 Å². The zero-order chi connectivity index (χ0) is 13.2. The molecule has 0 spiro atoms. The molecule has 0 amide bonds. The number of nitrogens with two attached hydrogens (primary N) is 2. The van der Waals surface area contributed by atoms with Gasteiger partial charge in [-0.1, -0.05) is 18.2 Å². The van der Waals surface area contributed by atoms with Crippen molar-refractivity contribution < 1.29 is 0 Å². The Morgan fingerprint density at radius 3 is 2.42 bits per heavy atom. The molecule has 0 aliphatic rings. The lowest BCUT2D eigenvalue weighted by molar-refractivity contribution is 1.29. The summed E-state index contributed by atoms with van der Waals surface area (Å²) < 4.78 is 0. The SMILES string of the molecule is Nc1ccc(C=Cc2nc3ccc(N)cc3[nH]2)cc1. The van der Waals surface area contributed by atoms with E-state index in [4.69, 9.17) is 11.5 Å². The molecule has 0 aliphatic heterocycles. The van der Waals surface area contributed by atoms with Gasteiger partial charge in [0.2, 0.25) is 0 Å². The summed E-state index contributed by atoms with van der Waals surface area (Å²) in [4.78, 5) is 7.68. The van der Waals surface area contributed by atoms with E-state index in [1.165, 1.54) is 0 Å². The Morgan fingerprint density at radius 1 is 0.895 bits per heavy atom. The lowest BCUT2D eigenvalue weighted by atomic mass is 10.2. The summed E-state index contributed by atoms with van der Waals surface area (Å²) in [7, 11) is 0. The van der Waals surface area contributed by atoms with Gasteiger partial charge in [-0.05, 0) is 42.0 Å². The summed E-state index contributed by atoms with van der Waals surface area (Å²) in [5, 5.41) is 0. The standard InChI is InChI=1S/C15H14N4/c16-11-4-1-10(2-5-11)3-8-15-18-13-7-6-12(17)9-14(13)19-15/h1-9H,16-17H2,(H,18,19). The van der Waals surface area contributed by atoms with Gasteiger partial charge in [-0.15, -0.1) is 0 Å². The fourth-order valence-corrected chi connectivity index (χ4v) is 1.91. The highest BCUT2D eigenvalue weighted by atomic mass is 14.9. The Kier molecular flexibility index (Phi) is 2.68. The maximum atomic E-state index is 5.73. The lowest BCUT2D eigenvalue weighted by Crippen LogP contribution is -1.82. The molecule has 0 aliphatic carbocycles. The molecule has 0 bridgehead atoms. The smallest absolute Gasteiger partial charge is 0.131 e. The van der Waals surface area contributed by atoms with Crippen LogP contribution in [0.5, 0.6) is 0 Å². The van der Waals surface area contributed by atoms with E-state index in [9.17, 15) is 0 Å². The number of aromatic nitrogens is 2. The average Bonchev–Trinajstić information content (AvgIpc) is 2.80. The van der Waals surface area contributed by atoms with Crippen molar-refractivity contribution in [2.24, 2.45) is 0 Å². The topological polar surface area (TPSA) is 80.7 Å². The molecule has 19 heavy (non-hydrogen) atoms. The normalized spacial score (nSPS) is 11.4. The second-order valence-corrected chi connectivity index (χ2v) is 4.40. The first-order valence-electron chi connectivity index (χ1n) is 5.99. The number of anilines is 2. The quantitative estimate of drug-likeness (QED) is 0.612. The molecule has 94 valence electrons. The highest BCUT2D eigenvalue weighted by molar-refractivity contribution is 5.81. The maximum absolute atomic E-state index is 5.73. The van der Waals surface area contributed by atoms with Crippen LogP contribution in [0.4, 0.5) is 11.4 Å². The van der Waals surface area contributed by atoms with Crippen LogP contribution in [0.3, 0.4) is 0 Å². The van der Waals surface area contributed by atoms with Crippen molar-refractivity contribution in [2.75, 3.05) is 11.5 Å². The van der Waals surface area contributed by atoms with Crippen molar-refractivity contribution in [1.29, 1.82) is 0 Å². The average molecular weight is 250 g/mol. The number of nitrogens with zero attached hydrogens (tertiary/aromatic N) is 1. The second-order valence-electron chi connectivity index (χ2n) is 4.40.